The number of nitrogens with one attached hydrogen (secondary N) is 1. The van der Waals surface area contributed by atoms with Gasteiger partial charge in [-0.25, -0.2) is 0 Å². The summed E-state index contributed by atoms with van der Waals surface area (Å²) in [4.78, 5) is 0. The predicted octanol–water partition coefficient (Wildman–Crippen LogP) is 2.38. The summed E-state index contributed by atoms with van der Waals surface area (Å²) in [6.07, 6.45) is -0.484. The van der Waals surface area contributed by atoms with E-state index in [0.717, 1.165) is 11.3 Å². The van der Waals surface area contributed by atoms with E-state index in [-0.39, 0.29) is 6.04 Å². The number of methoxy groups -OCH3 is 1. The van der Waals surface area contributed by atoms with Crippen LogP contribution in [0.2, 0.25) is 0 Å². The minimum absolute atomic E-state index is 0.157. The second kappa shape index (κ2) is 8.95. The molecule has 0 radical (unpaired) electrons. The molecular weight excluding hydrogens is 254 g/mol. The molecule has 114 valence electrons. The van der Waals surface area contributed by atoms with Crippen molar-refractivity contribution in [3.05, 3.63) is 29.8 Å². The molecule has 4 heteroatoms. The zero-order valence-electron chi connectivity index (χ0n) is 12.9. The average molecular weight is 281 g/mol. The van der Waals surface area contributed by atoms with Gasteiger partial charge in [-0.3, -0.25) is 0 Å². The highest BCUT2D eigenvalue weighted by Gasteiger charge is 2.10. The lowest BCUT2D eigenvalue weighted by Crippen LogP contribution is -2.32. The molecule has 0 amide bonds. The van der Waals surface area contributed by atoms with Gasteiger partial charge in [-0.15, -0.1) is 0 Å². The van der Waals surface area contributed by atoms with Crippen LogP contribution in [0.4, 0.5) is 0 Å². The van der Waals surface area contributed by atoms with Gasteiger partial charge in [0.25, 0.3) is 0 Å². The third-order valence-electron chi connectivity index (χ3n) is 3.01. The lowest BCUT2D eigenvalue weighted by Gasteiger charge is -2.18. The number of rotatable bonds is 9. The van der Waals surface area contributed by atoms with Crippen molar-refractivity contribution in [2.24, 2.45) is 5.92 Å². The van der Waals surface area contributed by atoms with Crippen LogP contribution in [0.1, 0.15) is 32.4 Å². The first kappa shape index (κ1) is 17.0. The number of hydrogen-bond acceptors (Lipinski definition) is 4. The molecular formula is C16H27NO3. The molecule has 0 aliphatic rings. The number of hydrogen-bond donors (Lipinski definition) is 2. The van der Waals surface area contributed by atoms with Crippen molar-refractivity contribution in [2.45, 2.75) is 32.9 Å². The minimum Gasteiger partial charge on any atom is -0.497 e. The highest BCUT2D eigenvalue weighted by molar-refractivity contribution is 5.30. The van der Waals surface area contributed by atoms with Crippen molar-refractivity contribution in [1.82, 2.24) is 5.32 Å². The Morgan fingerprint density at radius 1 is 1.20 bits per heavy atom. The third-order valence-corrected chi connectivity index (χ3v) is 3.01. The number of aliphatic hydroxyl groups excluding tert-OH is 1. The summed E-state index contributed by atoms with van der Waals surface area (Å²) in [5, 5.41) is 13.1. The van der Waals surface area contributed by atoms with Gasteiger partial charge in [0, 0.05) is 19.2 Å². The fourth-order valence-corrected chi connectivity index (χ4v) is 1.84. The fourth-order valence-electron chi connectivity index (χ4n) is 1.84. The van der Waals surface area contributed by atoms with Gasteiger partial charge in [0.1, 0.15) is 5.75 Å². The van der Waals surface area contributed by atoms with Crippen LogP contribution in [0, 0.1) is 5.92 Å². The van der Waals surface area contributed by atoms with Gasteiger partial charge >= 0.3 is 0 Å². The van der Waals surface area contributed by atoms with Crippen molar-refractivity contribution in [3.8, 4) is 5.75 Å². The van der Waals surface area contributed by atoms with Crippen LogP contribution in [0.15, 0.2) is 24.3 Å². The summed E-state index contributed by atoms with van der Waals surface area (Å²) >= 11 is 0. The van der Waals surface area contributed by atoms with Crippen molar-refractivity contribution < 1.29 is 14.6 Å². The van der Waals surface area contributed by atoms with E-state index in [1.54, 1.807) is 7.11 Å². The van der Waals surface area contributed by atoms with Crippen molar-refractivity contribution in [1.29, 1.82) is 0 Å². The van der Waals surface area contributed by atoms with E-state index in [1.807, 2.05) is 24.3 Å². The molecule has 0 bridgehead atoms. The molecule has 1 aromatic carbocycles. The van der Waals surface area contributed by atoms with Crippen LogP contribution in [-0.2, 0) is 4.74 Å². The van der Waals surface area contributed by atoms with Gasteiger partial charge in [-0.2, -0.15) is 0 Å². The Kier molecular flexibility index (Phi) is 7.59. The summed E-state index contributed by atoms with van der Waals surface area (Å²) < 4.78 is 10.6. The second-order valence-electron chi connectivity index (χ2n) is 5.49. The maximum Gasteiger partial charge on any atom is 0.119 e. The van der Waals surface area contributed by atoms with Crippen LogP contribution in [0.3, 0.4) is 0 Å². The van der Waals surface area contributed by atoms with Crippen LogP contribution >= 0.6 is 0 Å². The molecule has 1 aromatic rings. The summed E-state index contributed by atoms with van der Waals surface area (Å²) in [5.74, 6) is 1.34. The van der Waals surface area contributed by atoms with Gasteiger partial charge < -0.3 is 19.9 Å². The molecule has 1 unspecified atom stereocenters. The van der Waals surface area contributed by atoms with E-state index in [0.29, 0.717) is 25.7 Å². The smallest absolute Gasteiger partial charge is 0.119 e. The van der Waals surface area contributed by atoms with E-state index in [4.69, 9.17) is 9.47 Å². The highest BCUT2D eigenvalue weighted by Crippen LogP contribution is 2.18. The fraction of sp³-hybridized carbons (Fsp3) is 0.625. The molecule has 0 spiro atoms. The van der Waals surface area contributed by atoms with E-state index >= 15 is 0 Å². The van der Waals surface area contributed by atoms with Gasteiger partial charge in [0.15, 0.2) is 0 Å². The highest BCUT2D eigenvalue weighted by atomic mass is 16.5. The lowest BCUT2D eigenvalue weighted by molar-refractivity contribution is 0.0252. The topological polar surface area (TPSA) is 50.7 Å². The Balaban J connectivity index is 2.32. The summed E-state index contributed by atoms with van der Waals surface area (Å²) in [7, 11) is 1.66. The molecule has 0 aliphatic heterocycles. The van der Waals surface area contributed by atoms with E-state index in [9.17, 15) is 5.11 Å². The number of ether oxygens (including phenoxy) is 2. The SMILES string of the molecule is COc1cccc([C@H](C)NCC(O)COCC(C)C)c1. The molecule has 4 nitrogen and oxygen atoms in total. The average Bonchev–Trinajstić information content (AvgIpc) is 2.44. The molecule has 0 saturated carbocycles. The minimum atomic E-state index is -0.484. The maximum absolute atomic E-state index is 9.85. The lowest BCUT2D eigenvalue weighted by atomic mass is 10.1. The summed E-state index contributed by atoms with van der Waals surface area (Å²) in [5.41, 5.74) is 1.14. The predicted molar refractivity (Wildman–Crippen MR) is 81.1 cm³/mol. The zero-order valence-corrected chi connectivity index (χ0v) is 12.9. The normalized spacial score (nSPS) is 14.3. The van der Waals surface area contributed by atoms with Crippen LogP contribution < -0.4 is 10.1 Å². The van der Waals surface area contributed by atoms with Crippen LogP contribution in [-0.4, -0.2) is 38.1 Å². The Morgan fingerprint density at radius 2 is 1.95 bits per heavy atom. The number of aliphatic hydroxyl groups is 1. The molecule has 0 aromatic heterocycles. The molecule has 0 heterocycles. The summed E-state index contributed by atoms with van der Waals surface area (Å²) in [6.45, 7) is 7.82. The van der Waals surface area contributed by atoms with Crippen molar-refractivity contribution in [2.75, 3.05) is 26.9 Å². The molecule has 0 aliphatic carbocycles. The number of benzene rings is 1. The van der Waals surface area contributed by atoms with E-state index in [1.165, 1.54) is 0 Å². The van der Waals surface area contributed by atoms with Gasteiger partial charge in [0.2, 0.25) is 0 Å². The molecule has 20 heavy (non-hydrogen) atoms. The Labute approximate surface area is 122 Å². The molecule has 0 fully saturated rings. The van der Waals surface area contributed by atoms with E-state index < -0.39 is 6.10 Å². The largest absolute Gasteiger partial charge is 0.497 e. The van der Waals surface area contributed by atoms with Crippen LogP contribution in [0.5, 0.6) is 5.75 Å². The quantitative estimate of drug-likeness (QED) is 0.729. The third kappa shape index (κ3) is 6.37. The van der Waals surface area contributed by atoms with Crippen molar-refractivity contribution >= 4 is 0 Å². The Morgan fingerprint density at radius 3 is 2.60 bits per heavy atom. The molecule has 2 atom stereocenters. The first-order chi connectivity index (χ1) is 9.52. The Bertz CT molecular complexity index is 382. The standard InChI is InChI=1S/C16H27NO3/c1-12(2)10-20-11-15(18)9-17-13(3)14-6-5-7-16(8-14)19-4/h5-8,12-13,15,17-18H,9-11H2,1-4H3/t13-,15?/m0/s1. The first-order valence-electron chi connectivity index (χ1n) is 7.16. The zero-order chi connectivity index (χ0) is 15.0. The second-order valence-corrected chi connectivity index (χ2v) is 5.49. The molecule has 1 rings (SSSR count). The van der Waals surface area contributed by atoms with Gasteiger partial charge in [-0.1, -0.05) is 26.0 Å². The van der Waals surface area contributed by atoms with Crippen molar-refractivity contribution in [3.63, 3.8) is 0 Å². The van der Waals surface area contributed by atoms with Crippen LogP contribution in [0.25, 0.3) is 0 Å². The molecule has 0 saturated heterocycles. The Hall–Kier alpha value is -1.10. The first-order valence-corrected chi connectivity index (χ1v) is 7.16. The van der Waals surface area contributed by atoms with E-state index in [2.05, 4.69) is 26.1 Å². The molecule has 2 N–H and O–H groups in total. The monoisotopic (exact) mass is 281 g/mol. The maximum atomic E-state index is 9.85. The van der Waals surface area contributed by atoms with Gasteiger partial charge in [-0.05, 0) is 30.5 Å². The van der Waals surface area contributed by atoms with Gasteiger partial charge in [0.05, 0.1) is 19.8 Å². The summed E-state index contributed by atoms with van der Waals surface area (Å²) in [6, 6.07) is 8.09.